The molecule has 5 heteroatoms. The summed E-state index contributed by atoms with van der Waals surface area (Å²) in [5.41, 5.74) is 4.23. The van der Waals surface area contributed by atoms with Crippen molar-refractivity contribution in [3.8, 4) is 22.4 Å². The Hall–Kier alpha value is -3.83. The SMILES string of the molecule is CCC(O)CCC(=O)Cc1ccc2nc(-c3ccccc3)c(-c3ccccc3)c(C(=O)O)c2c1. The number of fused-ring (bicyclic) bond motifs is 1. The summed E-state index contributed by atoms with van der Waals surface area (Å²) in [6.07, 6.45) is 1.05. The first-order valence-electron chi connectivity index (χ1n) is 11.5. The Bertz CT molecular complexity index is 1320. The average Bonchev–Trinajstić information content (AvgIpc) is 2.87. The van der Waals surface area contributed by atoms with Crippen molar-refractivity contribution in [1.29, 1.82) is 0 Å². The van der Waals surface area contributed by atoms with Gasteiger partial charge in [0, 0.05) is 29.4 Å². The number of carbonyl (C=O) groups is 2. The Balaban J connectivity index is 1.86. The van der Waals surface area contributed by atoms with Gasteiger partial charge in [-0.15, -0.1) is 0 Å². The van der Waals surface area contributed by atoms with Crippen LogP contribution in [0.3, 0.4) is 0 Å². The zero-order valence-electron chi connectivity index (χ0n) is 19.1. The molecular weight excluding hydrogens is 426 g/mol. The van der Waals surface area contributed by atoms with Crippen LogP contribution in [0.1, 0.15) is 42.1 Å². The minimum Gasteiger partial charge on any atom is -0.478 e. The lowest BCUT2D eigenvalue weighted by molar-refractivity contribution is -0.119. The molecule has 0 aliphatic rings. The average molecular weight is 454 g/mol. The minimum atomic E-state index is -1.04. The number of benzene rings is 3. The van der Waals surface area contributed by atoms with Crippen LogP contribution in [-0.2, 0) is 11.2 Å². The molecule has 0 amide bonds. The molecule has 1 unspecified atom stereocenters. The van der Waals surface area contributed by atoms with Gasteiger partial charge in [0.1, 0.15) is 5.78 Å². The van der Waals surface area contributed by atoms with Gasteiger partial charge >= 0.3 is 5.97 Å². The summed E-state index contributed by atoms with van der Waals surface area (Å²) >= 11 is 0. The quantitative estimate of drug-likeness (QED) is 0.328. The van der Waals surface area contributed by atoms with E-state index in [0.29, 0.717) is 41.4 Å². The Morgan fingerprint density at radius 3 is 2.18 bits per heavy atom. The second kappa shape index (κ2) is 10.4. The molecule has 0 fully saturated rings. The van der Waals surface area contributed by atoms with Gasteiger partial charge in [-0.2, -0.15) is 0 Å². The van der Waals surface area contributed by atoms with E-state index in [4.69, 9.17) is 4.98 Å². The molecule has 0 spiro atoms. The fraction of sp³-hybridized carbons (Fsp3) is 0.207. The third-order valence-electron chi connectivity index (χ3n) is 6.00. The predicted molar refractivity (Wildman–Crippen MR) is 134 cm³/mol. The third kappa shape index (κ3) is 5.05. The Labute approximate surface area is 198 Å². The lowest BCUT2D eigenvalue weighted by Crippen LogP contribution is -2.10. The maximum Gasteiger partial charge on any atom is 0.337 e. The van der Waals surface area contributed by atoms with Crippen LogP contribution in [0.4, 0.5) is 0 Å². The van der Waals surface area contributed by atoms with Gasteiger partial charge in [-0.3, -0.25) is 4.79 Å². The van der Waals surface area contributed by atoms with E-state index in [2.05, 4.69) is 0 Å². The molecule has 1 atom stereocenters. The highest BCUT2D eigenvalue weighted by atomic mass is 16.4. The molecule has 0 bridgehead atoms. The number of nitrogens with zero attached hydrogens (tertiary/aromatic N) is 1. The smallest absolute Gasteiger partial charge is 0.337 e. The van der Waals surface area contributed by atoms with Crippen LogP contribution in [0.5, 0.6) is 0 Å². The molecule has 0 aliphatic carbocycles. The molecule has 0 aliphatic heterocycles. The molecule has 1 aromatic heterocycles. The van der Waals surface area contributed by atoms with E-state index in [-0.39, 0.29) is 17.8 Å². The number of pyridine rings is 1. The lowest BCUT2D eigenvalue weighted by atomic mass is 9.90. The van der Waals surface area contributed by atoms with Gasteiger partial charge < -0.3 is 10.2 Å². The summed E-state index contributed by atoms with van der Waals surface area (Å²) in [5, 5.41) is 20.6. The van der Waals surface area contributed by atoms with Crippen molar-refractivity contribution in [2.75, 3.05) is 0 Å². The number of hydrogen-bond acceptors (Lipinski definition) is 4. The van der Waals surface area contributed by atoms with Gasteiger partial charge in [-0.25, -0.2) is 9.78 Å². The molecular formula is C29H27NO4. The Morgan fingerprint density at radius 2 is 1.56 bits per heavy atom. The molecule has 0 saturated carbocycles. The summed E-state index contributed by atoms with van der Waals surface area (Å²) in [6.45, 7) is 1.88. The monoisotopic (exact) mass is 453 g/mol. The summed E-state index contributed by atoms with van der Waals surface area (Å²) in [7, 11) is 0. The molecule has 0 saturated heterocycles. The van der Waals surface area contributed by atoms with Crippen LogP contribution >= 0.6 is 0 Å². The number of aromatic nitrogens is 1. The second-order valence-corrected chi connectivity index (χ2v) is 8.42. The second-order valence-electron chi connectivity index (χ2n) is 8.42. The first-order chi connectivity index (χ1) is 16.5. The van der Waals surface area contributed by atoms with Gasteiger partial charge in [-0.05, 0) is 36.1 Å². The van der Waals surface area contributed by atoms with Crippen molar-refractivity contribution in [2.24, 2.45) is 0 Å². The summed E-state index contributed by atoms with van der Waals surface area (Å²) in [5.74, 6) is -1.03. The molecule has 34 heavy (non-hydrogen) atoms. The van der Waals surface area contributed by atoms with Crippen LogP contribution in [0, 0.1) is 0 Å². The number of carbonyl (C=O) groups excluding carboxylic acids is 1. The van der Waals surface area contributed by atoms with Gasteiger partial charge in [0.25, 0.3) is 0 Å². The van der Waals surface area contributed by atoms with E-state index in [1.807, 2.05) is 73.7 Å². The lowest BCUT2D eigenvalue weighted by Gasteiger charge is -2.16. The zero-order chi connectivity index (χ0) is 24.1. The van der Waals surface area contributed by atoms with Gasteiger partial charge in [0.2, 0.25) is 0 Å². The van der Waals surface area contributed by atoms with E-state index in [9.17, 15) is 19.8 Å². The van der Waals surface area contributed by atoms with Gasteiger partial charge in [0.15, 0.2) is 0 Å². The van der Waals surface area contributed by atoms with E-state index >= 15 is 0 Å². The van der Waals surface area contributed by atoms with E-state index in [1.54, 1.807) is 12.1 Å². The van der Waals surface area contributed by atoms with Crippen LogP contribution in [0.25, 0.3) is 33.3 Å². The van der Waals surface area contributed by atoms with E-state index in [0.717, 1.165) is 16.7 Å². The third-order valence-corrected chi connectivity index (χ3v) is 6.00. The predicted octanol–water partition coefficient (Wildman–Crippen LogP) is 5.93. The molecule has 0 radical (unpaired) electrons. The van der Waals surface area contributed by atoms with E-state index in [1.165, 1.54) is 0 Å². The number of carboxylic acids is 1. The van der Waals surface area contributed by atoms with Crippen molar-refractivity contribution in [3.63, 3.8) is 0 Å². The first kappa shape index (κ1) is 23.3. The summed E-state index contributed by atoms with van der Waals surface area (Å²) in [6, 6.07) is 24.3. The topological polar surface area (TPSA) is 87.5 Å². The van der Waals surface area contributed by atoms with Crippen molar-refractivity contribution >= 4 is 22.7 Å². The normalized spacial score (nSPS) is 11.9. The van der Waals surface area contributed by atoms with Crippen molar-refractivity contribution in [2.45, 2.75) is 38.7 Å². The highest BCUT2D eigenvalue weighted by Crippen LogP contribution is 2.38. The fourth-order valence-electron chi connectivity index (χ4n) is 4.18. The molecule has 2 N–H and O–H groups in total. The molecule has 3 aromatic carbocycles. The van der Waals surface area contributed by atoms with Gasteiger partial charge in [-0.1, -0.05) is 73.7 Å². The Kier molecular flexibility index (Phi) is 7.14. The summed E-state index contributed by atoms with van der Waals surface area (Å²) < 4.78 is 0. The number of ketones is 1. The number of hydrogen-bond donors (Lipinski definition) is 2. The van der Waals surface area contributed by atoms with Crippen molar-refractivity contribution in [3.05, 3.63) is 90.0 Å². The molecule has 1 heterocycles. The standard InChI is InChI=1S/C29H27NO4/c1-2-22(31)14-15-23(32)17-19-13-16-25-24(18-19)27(29(33)34)26(20-9-5-3-6-10-20)28(30-25)21-11-7-4-8-12-21/h3-13,16,18,22,31H,2,14-15,17H2,1H3,(H,33,34). The number of carboxylic acid groups (broad SMARTS) is 1. The number of rotatable bonds is 9. The first-order valence-corrected chi connectivity index (χ1v) is 11.5. The largest absolute Gasteiger partial charge is 0.478 e. The van der Waals surface area contributed by atoms with Crippen molar-refractivity contribution in [1.82, 2.24) is 4.98 Å². The number of aromatic carboxylic acids is 1. The Morgan fingerprint density at radius 1 is 0.912 bits per heavy atom. The molecule has 4 rings (SSSR count). The number of Topliss-reactive ketones (excluding diaryl/α,β-unsaturated/α-hetero) is 1. The maximum absolute atomic E-state index is 12.6. The number of aliphatic hydroxyl groups is 1. The molecule has 5 nitrogen and oxygen atoms in total. The fourth-order valence-corrected chi connectivity index (χ4v) is 4.18. The van der Waals surface area contributed by atoms with Gasteiger partial charge in [0.05, 0.1) is 22.9 Å². The highest BCUT2D eigenvalue weighted by molar-refractivity contribution is 6.11. The number of aliphatic hydroxyl groups excluding tert-OH is 1. The minimum absolute atomic E-state index is 0.0147. The zero-order valence-corrected chi connectivity index (χ0v) is 19.1. The van der Waals surface area contributed by atoms with Crippen molar-refractivity contribution < 1.29 is 19.8 Å². The molecule has 172 valence electrons. The molecule has 4 aromatic rings. The van der Waals surface area contributed by atoms with Crippen LogP contribution in [0.15, 0.2) is 78.9 Å². The van der Waals surface area contributed by atoms with Crippen LogP contribution in [-0.4, -0.2) is 33.1 Å². The van der Waals surface area contributed by atoms with Crippen LogP contribution < -0.4 is 0 Å². The van der Waals surface area contributed by atoms with Crippen LogP contribution in [0.2, 0.25) is 0 Å². The maximum atomic E-state index is 12.6. The highest BCUT2D eigenvalue weighted by Gasteiger charge is 2.23. The van der Waals surface area contributed by atoms with E-state index < -0.39 is 12.1 Å². The summed E-state index contributed by atoms with van der Waals surface area (Å²) in [4.78, 5) is 30.0.